The molecule has 1 N–H and O–H groups in total. The molecule has 0 spiro atoms. The Morgan fingerprint density at radius 1 is 1.08 bits per heavy atom. The molecule has 0 bridgehead atoms. The van der Waals surface area contributed by atoms with Crippen LogP contribution in [0.2, 0.25) is 10.0 Å². The molecule has 0 aliphatic carbocycles. The fourth-order valence-electron chi connectivity index (χ4n) is 4.02. The van der Waals surface area contributed by atoms with Crippen molar-refractivity contribution in [2.45, 2.75) is 36.6 Å². The van der Waals surface area contributed by atoms with E-state index in [9.17, 15) is 9.65 Å². The number of aromatic nitrogens is 2. The predicted molar refractivity (Wildman–Crippen MR) is 150 cm³/mol. The van der Waals surface area contributed by atoms with Crippen LogP contribution in [0.25, 0.3) is 5.69 Å². The van der Waals surface area contributed by atoms with E-state index in [-0.39, 0.29) is 12.4 Å². The zero-order valence-corrected chi connectivity index (χ0v) is 23.2. The first-order chi connectivity index (χ1) is 18.2. The van der Waals surface area contributed by atoms with Crippen molar-refractivity contribution in [3.63, 3.8) is 0 Å². The van der Waals surface area contributed by atoms with Crippen molar-refractivity contribution in [1.29, 1.82) is 5.26 Å². The van der Waals surface area contributed by atoms with Gasteiger partial charge in [-0.1, -0.05) is 60.9 Å². The maximum absolute atomic E-state index is 13.8. The van der Waals surface area contributed by atoms with Crippen molar-refractivity contribution in [3.8, 4) is 17.5 Å². The van der Waals surface area contributed by atoms with Gasteiger partial charge in [-0.15, -0.1) is 0 Å². The molecule has 9 heteroatoms. The number of benzene rings is 3. The van der Waals surface area contributed by atoms with Gasteiger partial charge in [0.1, 0.15) is 17.6 Å². The highest BCUT2D eigenvalue weighted by molar-refractivity contribution is 7.98. The highest BCUT2D eigenvalue weighted by atomic mass is 35.5. The number of aliphatic hydroxyl groups excluding tert-OH is 1. The van der Waals surface area contributed by atoms with Crippen LogP contribution in [0.5, 0.6) is 5.75 Å². The van der Waals surface area contributed by atoms with Crippen LogP contribution in [-0.2, 0) is 11.2 Å². The van der Waals surface area contributed by atoms with Crippen LogP contribution >= 0.6 is 35.0 Å². The summed E-state index contributed by atoms with van der Waals surface area (Å²) < 4.78 is 21.4. The van der Waals surface area contributed by atoms with Crippen molar-refractivity contribution in [2.75, 3.05) is 13.2 Å². The van der Waals surface area contributed by atoms with Crippen LogP contribution in [0.4, 0.5) is 4.39 Å². The van der Waals surface area contributed by atoms with Gasteiger partial charge in [0, 0.05) is 29.9 Å². The summed E-state index contributed by atoms with van der Waals surface area (Å²) in [6, 6.07) is 19.5. The fraction of sp³-hybridized carbons (Fsp3) is 0.241. The molecule has 4 rings (SSSR count). The van der Waals surface area contributed by atoms with Gasteiger partial charge in [0.05, 0.1) is 34.1 Å². The van der Waals surface area contributed by atoms with E-state index in [1.165, 1.54) is 23.9 Å². The van der Waals surface area contributed by atoms with Gasteiger partial charge in [0.15, 0.2) is 5.16 Å². The summed E-state index contributed by atoms with van der Waals surface area (Å²) in [7, 11) is 0. The molecule has 0 amide bonds. The molecule has 1 heterocycles. The Morgan fingerprint density at radius 2 is 1.84 bits per heavy atom. The smallest absolute Gasteiger partial charge is 0.173 e. The molecule has 0 fully saturated rings. The molecule has 1 aromatic heterocycles. The fourth-order valence-corrected chi connectivity index (χ4v) is 5.26. The van der Waals surface area contributed by atoms with E-state index in [1.54, 1.807) is 30.3 Å². The molecule has 0 atom stereocenters. The molecule has 4 aromatic rings. The summed E-state index contributed by atoms with van der Waals surface area (Å²) in [6.45, 7) is 4.52. The third-order valence-corrected chi connectivity index (χ3v) is 7.95. The van der Waals surface area contributed by atoms with E-state index in [4.69, 9.17) is 38.0 Å². The molecular formula is C29H26Cl2FN3O2S. The van der Waals surface area contributed by atoms with Crippen molar-refractivity contribution in [1.82, 2.24) is 9.55 Å². The molecule has 0 aliphatic rings. The number of imidazole rings is 1. The summed E-state index contributed by atoms with van der Waals surface area (Å²) in [5.74, 6) is 0.725. The number of rotatable bonds is 10. The van der Waals surface area contributed by atoms with Gasteiger partial charge in [0.25, 0.3) is 0 Å². The highest BCUT2D eigenvalue weighted by Gasteiger charge is 2.30. The van der Waals surface area contributed by atoms with E-state index in [2.05, 4.69) is 19.9 Å². The average Bonchev–Trinajstić information content (AvgIpc) is 3.35. The van der Waals surface area contributed by atoms with Crippen molar-refractivity contribution in [3.05, 3.63) is 105 Å². The zero-order chi connectivity index (χ0) is 27.3. The number of hydrogen-bond donors (Lipinski definition) is 1. The van der Waals surface area contributed by atoms with Crippen LogP contribution in [-0.4, -0.2) is 27.9 Å². The lowest BCUT2D eigenvalue weighted by atomic mass is 9.81. The molecule has 0 saturated carbocycles. The van der Waals surface area contributed by atoms with Crippen LogP contribution in [0.3, 0.4) is 0 Å². The van der Waals surface area contributed by atoms with Crippen molar-refractivity contribution in [2.24, 2.45) is 0 Å². The zero-order valence-electron chi connectivity index (χ0n) is 20.9. The molecule has 0 radical (unpaired) electrons. The molecule has 3 aromatic carbocycles. The van der Waals surface area contributed by atoms with Crippen LogP contribution < -0.4 is 4.74 Å². The second-order valence-electron chi connectivity index (χ2n) is 9.15. The number of hydrogen-bond acceptors (Lipinski definition) is 5. The normalized spacial score (nSPS) is 11.4. The molecule has 0 unspecified atom stereocenters. The molecule has 0 aliphatic heterocycles. The molecule has 196 valence electrons. The summed E-state index contributed by atoms with van der Waals surface area (Å²) in [4.78, 5) is 4.73. The second-order valence-corrected chi connectivity index (χ2v) is 10.9. The first-order valence-electron chi connectivity index (χ1n) is 11.9. The standard InChI is InChI=1S/C29H26Cl2FN3O2S/c1-29(2,21-5-10-24(30)25(31)15-21)27-17-34-28(35(27)23-8-6-22(32)7-9-23)38-18-19-4-11-26(20(14-19)16-33)37-13-3-12-36/h4-11,14-15,17,36H,3,12-13,18H2,1-2H3. The summed E-state index contributed by atoms with van der Waals surface area (Å²) >= 11 is 14.0. The first kappa shape index (κ1) is 28.0. The van der Waals surface area contributed by atoms with E-state index in [0.717, 1.165) is 27.7 Å². The monoisotopic (exact) mass is 569 g/mol. The van der Waals surface area contributed by atoms with Gasteiger partial charge in [-0.3, -0.25) is 4.57 Å². The Morgan fingerprint density at radius 3 is 2.53 bits per heavy atom. The highest BCUT2D eigenvalue weighted by Crippen LogP contribution is 2.38. The topological polar surface area (TPSA) is 71.1 Å². The van der Waals surface area contributed by atoms with E-state index in [0.29, 0.717) is 40.1 Å². The number of halogens is 3. The van der Waals surface area contributed by atoms with Crippen molar-refractivity contribution >= 4 is 35.0 Å². The quantitative estimate of drug-likeness (QED) is 0.157. The largest absolute Gasteiger partial charge is 0.492 e. The lowest BCUT2D eigenvalue weighted by Gasteiger charge is -2.28. The minimum Gasteiger partial charge on any atom is -0.492 e. The van der Waals surface area contributed by atoms with E-state index in [1.807, 2.05) is 29.0 Å². The SMILES string of the molecule is CC(C)(c1ccc(Cl)c(Cl)c1)c1cnc(SCc2ccc(OCCCO)c(C#N)c2)n1-c1ccc(F)cc1. The van der Waals surface area contributed by atoms with Gasteiger partial charge in [-0.25, -0.2) is 9.37 Å². The minimum atomic E-state index is -0.504. The molecule has 5 nitrogen and oxygen atoms in total. The molecule has 0 saturated heterocycles. The second kappa shape index (κ2) is 12.2. The van der Waals surface area contributed by atoms with Crippen molar-refractivity contribution < 1.29 is 14.2 Å². The van der Waals surface area contributed by atoms with Crippen LogP contribution in [0.15, 0.2) is 72.0 Å². The Labute approximate surface area is 235 Å². The number of nitrogens with zero attached hydrogens (tertiary/aromatic N) is 3. The van der Waals surface area contributed by atoms with Gasteiger partial charge >= 0.3 is 0 Å². The Bertz CT molecular complexity index is 1470. The lowest BCUT2D eigenvalue weighted by molar-refractivity contribution is 0.233. The van der Waals surface area contributed by atoms with E-state index < -0.39 is 5.41 Å². The Hall–Kier alpha value is -3.02. The average molecular weight is 571 g/mol. The summed E-state index contributed by atoms with van der Waals surface area (Å²) in [5, 5.41) is 20.2. The number of nitriles is 1. The summed E-state index contributed by atoms with van der Waals surface area (Å²) in [6.07, 6.45) is 2.32. The van der Waals surface area contributed by atoms with Gasteiger partial charge in [-0.05, 0) is 59.7 Å². The maximum Gasteiger partial charge on any atom is 0.173 e. The van der Waals surface area contributed by atoms with Gasteiger partial charge in [-0.2, -0.15) is 5.26 Å². The summed E-state index contributed by atoms with van der Waals surface area (Å²) in [5.41, 5.74) is 3.50. The van der Waals surface area contributed by atoms with Crippen LogP contribution in [0.1, 0.15) is 42.7 Å². The number of thioether (sulfide) groups is 1. The third-order valence-electron chi connectivity index (χ3n) is 6.19. The maximum atomic E-state index is 13.8. The van der Waals surface area contributed by atoms with E-state index >= 15 is 0 Å². The first-order valence-corrected chi connectivity index (χ1v) is 13.7. The Kier molecular flexibility index (Phi) is 9.01. The molecular weight excluding hydrogens is 544 g/mol. The predicted octanol–water partition coefficient (Wildman–Crippen LogP) is 7.57. The van der Waals surface area contributed by atoms with Gasteiger partial charge < -0.3 is 9.84 Å². The Balaban J connectivity index is 1.68. The lowest BCUT2D eigenvalue weighted by Crippen LogP contribution is -2.23. The number of aliphatic hydroxyl groups is 1. The number of ether oxygens (including phenoxy) is 1. The molecule has 38 heavy (non-hydrogen) atoms. The third kappa shape index (κ3) is 6.16. The van der Waals surface area contributed by atoms with Crippen LogP contribution in [0, 0.1) is 17.1 Å². The van der Waals surface area contributed by atoms with Gasteiger partial charge in [0.2, 0.25) is 0 Å². The minimum absolute atomic E-state index is 0.0289.